The third-order valence-electron chi connectivity index (χ3n) is 13.3. The van der Waals surface area contributed by atoms with Crippen molar-refractivity contribution in [2.24, 2.45) is 9.98 Å². The van der Waals surface area contributed by atoms with Gasteiger partial charge < -0.3 is 28.4 Å². The molecule has 0 spiro atoms. The molecule has 66 heavy (non-hydrogen) atoms. The number of ether oxygens (including phenoxy) is 2. The van der Waals surface area contributed by atoms with E-state index in [1.165, 1.54) is 89.6 Å². The van der Waals surface area contributed by atoms with E-state index in [-0.39, 0.29) is 11.9 Å². The van der Waals surface area contributed by atoms with Crippen LogP contribution in [-0.2, 0) is 35.4 Å². The molecule has 2 saturated heterocycles. The third kappa shape index (κ3) is 10.7. The van der Waals surface area contributed by atoms with E-state index in [1.807, 2.05) is 48.5 Å². The summed E-state index contributed by atoms with van der Waals surface area (Å²) in [7, 11) is 2.81. The first-order valence-corrected chi connectivity index (χ1v) is 25.6. The molecule has 2 aliphatic carbocycles. The van der Waals surface area contributed by atoms with Crippen LogP contribution in [0.15, 0.2) is 107 Å². The first kappa shape index (κ1) is 45.6. The van der Waals surface area contributed by atoms with Crippen molar-refractivity contribution in [3.63, 3.8) is 0 Å². The second-order valence-corrected chi connectivity index (χ2v) is 19.4. The highest BCUT2D eigenvalue weighted by atomic mass is 32.2. The highest BCUT2D eigenvalue weighted by Gasteiger charge is 2.33. The Labute approximate surface area is 396 Å². The van der Waals surface area contributed by atoms with Crippen LogP contribution in [0.3, 0.4) is 0 Å². The number of thioether (sulfide) groups is 2. The summed E-state index contributed by atoms with van der Waals surface area (Å²) < 4.78 is 14.2. The highest BCUT2D eigenvalue weighted by Crippen LogP contribution is 2.37. The fourth-order valence-corrected chi connectivity index (χ4v) is 11.4. The molecular weight excluding hydrogens is 865 g/mol. The van der Waals surface area contributed by atoms with Crippen LogP contribution in [0.2, 0.25) is 0 Å². The van der Waals surface area contributed by atoms with Crippen molar-refractivity contribution < 1.29 is 19.1 Å². The van der Waals surface area contributed by atoms with E-state index in [0.717, 1.165) is 94.8 Å². The van der Waals surface area contributed by atoms with Crippen LogP contribution in [0.5, 0.6) is 0 Å². The summed E-state index contributed by atoms with van der Waals surface area (Å²) in [5.41, 5.74) is 7.27. The molecule has 6 aromatic rings. The number of fused-ring (bicyclic) bond motifs is 2. The number of aryl methyl sites for hydroxylation is 4. The number of esters is 2. The average Bonchev–Trinajstić information content (AvgIpc) is 3.88. The summed E-state index contributed by atoms with van der Waals surface area (Å²) in [6.07, 6.45) is 17.0. The average molecular weight is 925 g/mol. The van der Waals surface area contributed by atoms with Gasteiger partial charge in [-0.15, -0.1) is 0 Å². The molecule has 0 amide bonds. The Bertz CT molecular complexity index is 2490. The van der Waals surface area contributed by atoms with E-state index in [4.69, 9.17) is 29.4 Å². The number of aromatic nitrogens is 4. The largest absolute Gasteiger partial charge is 0.465 e. The smallest absolute Gasteiger partial charge is 0.337 e. The standard InChI is InChI=1S/2C26H30N4O2S/c2*1-32-24(31)20-14-15-23-22(17-20)27-25(29(23)16-8-11-19-9-4-2-5-10-19)28-26-30(18-33-26)21-12-6-3-7-13-21/h2*2,4-5,9-10,14-15,17,21H,3,6-8,11-13,16,18H2,1H3/b2*28-26-. The Morgan fingerprint density at radius 3 is 1.35 bits per heavy atom. The molecular formula is C52H60N8O4S2. The van der Waals surface area contributed by atoms with Crippen LogP contribution in [0.4, 0.5) is 11.9 Å². The van der Waals surface area contributed by atoms with Gasteiger partial charge in [-0.05, 0) is 98.9 Å². The fraction of sp³-hybridized carbons (Fsp3) is 0.423. The lowest BCUT2D eigenvalue weighted by atomic mass is 9.95. The lowest BCUT2D eigenvalue weighted by Crippen LogP contribution is -2.46. The van der Waals surface area contributed by atoms with Crippen molar-refractivity contribution in [2.45, 2.75) is 115 Å². The minimum absolute atomic E-state index is 0.346. The Balaban J connectivity index is 0.000000166. The van der Waals surface area contributed by atoms with Gasteiger partial charge in [-0.3, -0.25) is 0 Å². The van der Waals surface area contributed by atoms with Gasteiger partial charge in [0.1, 0.15) is 0 Å². The number of amidine groups is 2. The van der Waals surface area contributed by atoms with Gasteiger partial charge in [0.05, 0.1) is 59.2 Å². The number of benzene rings is 4. The molecule has 0 atom stereocenters. The Morgan fingerprint density at radius 1 is 0.576 bits per heavy atom. The maximum absolute atomic E-state index is 12.0. The summed E-state index contributed by atoms with van der Waals surface area (Å²) in [6.45, 7) is 1.65. The minimum atomic E-state index is -0.346. The Kier molecular flexibility index (Phi) is 15.0. The minimum Gasteiger partial charge on any atom is -0.465 e. The predicted octanol–water partition coefficient (Wildman–Crippen LogP) is 11.6. The molecule has 10 rings (SSSR count). The van der Waals surface area contributed by atoms with Crippen LogP contribution in [-0.4, -0.2) is 89.2 Å². The monoisotopic (exact) mass is 924 g/mol. The van der Waals surface area contributed by atoms with E-state index >= 15 is 0 Å². The SMILES string of the molecule is COC(=O)c1ccc2c(c1)nc(/N=C1\SCN1C1CCCCC1)n2CCCc1ccccc1.COC(=O)c1ccc2c(c1)nc(/N=C1\SCN1C1CCCCC1)n2CCCc1ccccc1. The molecule has 12 nitrogen and oxygen atoms in total. The molecule has 0 radical (unpaired) electrons. The van der Waals surface area contributed by atoms with Gasteiger partial charge in [-0.1, -0.05) is 123 Å². The maximum Gasteiger partial charge on any atom is 0.337 e. The van der Waals surface area contributed by atoms with Gasteiger partial charge >= 0.3 is 11.9 Å². The van der Waals surface area contributed by atoms with Crippen molar-refractivity contribution in [1.82, 2.24) is 28.9 Å². The fourth-order valence-electron chi connectivity index (χ4n) is 9.57. The number of rotatable bonds is 14. The number of carbonyl (C=O) groups excluding carboxylic acids is 2. The van der Waals surface area contributed by atoms with Crippen molar-refractivity contribution in [1.29, 1.82) is 0 Å². The number of hydrogen-bond acceptors (Lipinski definition) is 10. The summed E-state index contributed by atoms with van der Waals surface area (Å²) in [5, 5.41) is 2.16. The van der Waals surface area contributed by atoms with E-state index in [2.05, 4.69) is 67.5 Å². The van der Waals surface area contributed by atoms with Crippen molar-refractivity contribution in [3.05, 3.63) is 119 Å². The van der Waals surface area contributed by atoms with Crippen LogP contribution in [0.25, 0.3) is 22.1 Å². The summed E-state index contributed by atoms with van der Waals surface area (Å²) in [4.78, 5) is 48.7. The molecule has 14 heteroatoms. The molecule has 4 aliphatic rings. The van der Waals surface area contributed by atoms with Crippen LogP contribution < -0.4 is 0 Å². The topological polar surface area (TPSA) is 119 Å². The van der Waals surface area contributed by atoms with E-state index in [1.54, 1.807) is 23.5 Å². The summed E-state index contributed by atoms with van der Waals surface area (Å²) in [5.74, 6) is 2.79. The number of methoxy groups -OCH3 is 2. The Morgan fingerprint density at radius 2 is 0.985 bits per heavy atom. The van der Waals surface area contributed by atoms with E-state index in [9.17, 15) is 9.59 Å². The molecule has 4 heterocycles. The second-order valence-electron chi connectivity index (χ2n) is 17.6. The number of carbonyl (C=O) groups is 2. The first-order chi connectivity index (χ1) is 32.4. The Hall–Kier alpha value is -5.60. The summed E-state index contributed by atoms with van der Waals surface area (Å²) in [6, 6.07) is 33.5. The number of imidazole rings is 2. The van der Waals surface area contributed by atoms with Gasteiger partial charge in [-0.2, -0.15) is 9.98 Å². The molecule has 344 valence electrons. The molecule has 2 saturated carbocycles. The van der Waals surface area contributed by atoms with Crippen LogP contribution in [0, 0.1) is 0 Å². The predicted molar refractivity (Wildman–Crippen MR) is 268 cm³/mol. The lowest BCUT2D eigenvalue weighted by molar-refractivity contribution is 0.0592. The maximum atomic E-state index is 12.0. The zero-order chi connectivity index (χ0) is 45.2. The van der Waals surface area contributed by atoms with E-state index < -0.39 is 0 Å². The summed E-state index contributed by atoms with van der Waals surface area (Å²) >= 11 is 3.60. The molecule has 0 unspecified atom stereocenters. The van der Waals surface area contributed by atoms with Crippen molar-refractivity contribution >= 4 is 79.8 Å². The number of hydrogen-bond donors (Lipinski definition) is 0. The molecule has 4 fully saturated rings. The second kappa shape index (κ2) is 21.8. The van der Waals surface area contributed by atoms with E-state index in [0.29, 0.717) is 23.2 Å². The van der Waals surface area contributed by atoms with Gasteiger partial charge in [0.15, 0.2) is 10.3 Å². The zero-order valence-electron chi connectivity index (χ0n) is 38.1. The molecule has 0 N–H and O–H groups in total. The van der Waals surface area contributed by atoms with Crippen molar-refractivity contribution in [2.75, 3.05) is 26.0 Å². The highest BCUT2D eigenvalue weighted by molar-refractivity contribution is 8.15. The quantitative estimate of drug-likeness (QED) is 0.0977. The van der Waals surface area contributed by atoms with Crippen LogP contribution in [0.1, 0.15) is 109 Å². The number of aliphatic imine (C=N–C) groups is 2. The molecule has 2 aliphatic heterocycles. The van der Waals surface area contributed by atoms with Gasteiger partial charge in [0.2, 0.25) is 11.9 Å². The third-order valence-corrected chi connectivity index (χ3v) is 15.2. The normalized spacial score (nSPS) is 18.0. The molecule has 4 aromatic carbocycles. The zero-order valence-corrected chi connectivity index (χ0v) is 39.8. The first-order valence-electron chi connectivity index (χ1n) is 23.7. The number of nitrogens with zero attached hydrogens (tertiary/aromatic N) is 8. The van der Waals surface area contributed by atoms with Crippen LogP contribution >= 0.6 is 23.5 Å². The molecule has 0 bridgehead atoms. The van der Waals surface area contributed by atoms with Crippen molar-refractivity contribution in [3.8, 4) is 0 Å². The molecule has 2 aromatic heterocycles. The lowest BCUT2D eigenvalue weighted by Gasteiger charge is -2.42. The van der Waals surface area contributed by atoms with Gasteiger partial charge in [-0.25, -0.2) is 19.6 Å². The van der Waals surface area contributed by atoms with Gasteiger partial charge in [0, 0.05) is 25.2 Å². The van der Waals surface area contributed by atoms with Gasteiger partial charge in [0.25, 0.3) is 0 Å².